The van der Waals surface area contributed by atoms with E-state index in [1.54, 1.807) is 17.4 Å². The first-order valence-electron chi connectivity index (χ1n) is 18.4. The highest BCUT2D eigenvalue weighted by Crippen LogP contribution is 2.22. The average molecular weight is 751 g/mol. The Morgan fingerprint density at radius 3 is 1.84 bits per heavy atom. The molecule has 0 saturated heterocycles. The van der Waals surface area contributed by atoms with Crippen LogP contribution in [0.25, 0.3) is 26.5 Å². The van der Waals surface area contributed by atoms with Crippen LogP contribution in [0.15, 0.2) is 88.4 Å². The first-order valence-corrected chi connectivity index (χ1v) is 21.4. The maximum absolute atomic E-state index is 11.5. The van der Waals surface area contributed by atoms with Gasteiger partial charge in [0.15, 0.2) is 0 Å². The molecule has 2 heterocycles. The predicted molar refractivity (Wildman–Crippen MR) is 217 cm³/mol. The molecule has 0 saturated carbocycles. The SMILES string of the molecule is C=Cc1ccc(Cn2c(=NN=c3sc4cc(S(=O)(=O)O)ccc4n3C)sc3ccccc32)cc1.CCCC[N+](CCCC)(CCCC)CCCC. The number of hydrogen-bond donors (Lipinski definition) is 1. The number of aromatic nitrogens is 2. The van der Waals surface area contributed by atoms with Gasteiger partial charge < -0.3 is 13.6 Å². The van der Waals surface area contributed by atoms with E-state index in [9.17, 15) is 13.0 Å². The molecule has 0 aliphatic rings. The summed E-state index contributed by atoms with van der Waals surface area (Å²) in [6.07, 6.45) is 12.9. The van der Waals surface area contributed by atoms with Crippen molar-refractivity contribution >= 4 is 59.3 Å². The smallest absolute Gasteiger partial charge is 0.294 e. The van der Waals surface area contributed by atoms with Crippen LogP contribution in [-0.2, 0) is 23.7 Å². The van der Waals surface area contributed by atoms with Crippen molar-refractivity contribution in [1.82, 2.24) is 9.13 Å². The van der Waals surface area contributed by atoms with Gasteiger partial charge in [0, 0.05) is 7.05 Å². The van der Waals surface area contributed by atoms with Gasteiger partial charge in [0.25, 0.3) is 10.1 Å². The number of unbranched alkanes of at least 4 members (excludes halogenated alkanes) is 4. The van der Waals surface area contributed by atoms with Crippen LogP contribution < -0.4 is 9.60 Å². The maximum Gasteiger partial charge on any atom is 0.294 e. The van der Waals surface area contributed by atoms with Crippen LogP contribution in [0.3, 0.4) is 0 Å². The Morgan fingerprint density at radius 1 is 0.745 bits per heavy atom. The van der Waals surface area contributed by atoms with E-state index in [2.05, 4.69) is 73.3 Å². The molecule has 0 fully saturated rings. The molecule has 11 heteroatoms. The van der Waals surface area contributed by atoms with Crippen LogP contribution in [-0.4, -0.2) is 52.8 Å². The summed E-state index contributed by atoms with van der Waals surface area (Å²) >= 11 is 2.87. The van der Waals surface area contributed by atoms with Crippen molar-refractivity contribution < 1.29 is 17.5 Å². The van der Waals surface area contributed by atoms with E-state index in [0.29, 0.717) is 16.0 Å². The van der Waals surface area contributed by atoms with Gasteiger partial charge in [-0.2, -0.15) is 8.42 Å². The lowest BCUT2D eigenvalue weighted by Crippen LogP contribution is -2.50. The Kier molecular flexibility index (Phi) is 15.4. The van der Waals surface area contributed by atoms with Crippen LogP contribution in [0.5, 0.6) is 0 Å². The topological polar surface area (TPSA) is 88.9 Å². The minimum Gasteiger partial charge on any atom is -0.324 e. The summed E-state index contributed by atoms with van der Waals surface area (Å²) in [5, 5.41) is 9.08. The van der Waals surface area contributed by atoms with E-state index >= 15 is 0 Å². The molecule has 0 atom stereocenters. The van der Waals surface area contributed by atoms with E-state index in [1.807, 2.05) is 42.0 Å². The molecule has 1 N–H and O–H groups in total. The number of benzene rings is 3. The lowest BCUT2D eigenvalue weighted by molar-refractivity contribution is -0.929. The van der Waals surface area contributed by atoms with Gasteiger partial charge in [0.1, 0.15) is 0 Å². The first-order chi connectivity index (χ1) is 24.6. The molecule has 0 radical (unpaired) electrons. The van der Waals surface area contributed by atoms with E-state index in [-0.39, 0.29) is 4.90 Å². The summed E-state index contributed by atoms with van der Waals surface area (Å²) in [6.45, 7) is 19.5. The lowest BCUT2D eigenvalue weighted by Gasteiger charge is -2.39. The zero-order chi connectivity index (χ0) is 36.9. The van der Waals surface area contributed by atoms with Crippen molar-refractivity contribution in [2.75, 3.05) is 26.2 Å². The van der Waals surface area contributed by atoms with Crippen molar-refractivity contribution in [3.05, 3.63) is 94.0 Å². The molecular weight excluding hydrogens is 695 g/mol. The molecule has 0 spiro atoms. The van der Waals surface area contributed by atoms with Crippen LogP contribution in [0.4, 0.5) is 0 Å². The summed E-state index contributed by atoms with van der Waals surface area (Å²) in [6, 6.07) is 20.9. The molecule has 0 aliphatic heterocycles. The molecule has 3 aromatic carbocycles. The molecule has 2 aromatic heterocycles. The maximum atomic E-state index is 11.5. The predicted octanol–water partition coefficient (Wildman–Crippen LogP) is 9.61. The monoisotopic (exact) mass is 750 g/mol. The normalized spacial score (nSPS) is 12.8. The van der Waals surface area contributed by atoms with Gasteiger partial charge >= 0.3 is 0 Å². The molecular formula is C40H56N5O3S3+. The minimum atomic E-state index is -4.27. The molecule has 0 bridgehead atoms. The van der Waals surface area contributed by atoms with Gasteiger partial charge in [-0.05, 0) is 67.1 Å². The number of aryl methyl sites for hydroxylation is 1. The molecule has 51 heavy (non-hydrogen) atoms. The Balaban J connectivity index is 0.000000292. The Hall–Kier alpha value is -3.35. The van der Waals surface area contributed by atoms with Crippen molar-refractivity contribution in [3.8, 4) is 0 Å². The fourth-order valence-electron chi connectivity index (χ4n) is 6.29. The molecule has 0 unspecified atom stereocenters. The third-order valence-corrected chi connectivity index (χ3v) is 12.4. The number of thiazole rings is 2. The van der Waals surface area contributed by atoms with Gasteiger partial charge in [-0.25, -0.2) is 0 Å². The fourth-order valence-corrected chi connectivity index (χ4v) is 8.86. The van der Waals surface area contributed by atoms with Gasteiger partial charge in [0.2, 0.25) is 9.60 Å². The van der Waals surface area contributed by atoms with Gasteiger partial charge in [0.05, 0.1) is 58.1 Å². The highest BCUT2D eigenvalue weighted by atomic mass is 32.2. The Morgan fingerprint density at radius 2 is 1.29 bits per heavy atom. The second-order valence-corrected chi connectivity index (χ2v) is 16.7. The summed E-state index contributed by atoms with van der Waals surface area (Å²) in [5.74, 6) is 0. The van der Waals surface area contributed by atoms with Crippen molar-refractivity contribution in [1.29, 1.82) is 0 Å². The first kappa shape index (κ1) is 40.4. The van der Waals surface area contributed by atoms with Crippen LogP contribution in [0, 0.1) is 0 Å². The molecule has 0 aliphatic carbocycles. The number of nitrogens with zero attached hydrogens (tertiary/aromatic N) is 5. The Bertz CT molecular complexity index is 2070. The number of quaternary nitrogens is 1. The Labute approximate surface area is 312 Å². The molecule has 0 amide bonds. The lowest BCUT2D eigenvalue weighted by atomic mass is 10.1. The van der Waals surface area contributed by atoms with Crippen molar-refractivity contribution in [2.45, 2.75) is 90.5 Å². The molecule has 276 valence electrons. The van der Waals surface area contributed by atoms with Crippen LogP contribution in [0.1, 0.15) is 90.2 Å². The summed E-state index contributed by atoms with van der Waals surface area (Å²) in [4.78, 5) is 1.22. The second kappa shape index (κ2) is 19.5. The molecule has 8 nitrogen and oxygen atoms in total. The largest absolute Gasteiger partial charge is 0.324 e. The number of fused-ring (bicyclic) bond motifs is 2. The fraction of sp³-hybridized carbons (Fsp3) is 0.450. The van der Waals surface area contributed by atoms with Gasteiger partial charge in [-0.1, -0.05) is 125 Å². The van der Waals surface area contributed by atoms with Crippen molar-refractivity contribution in [2.24, 2.45) is 17.3 Å². The van der Waals surface area contributed by atoms with Gasteiger partial charge in [-0.3, -0.25) is 4.55 Å². The zero-order valence-corrected chi connectivity index (χ0v) is 33.5. The minimum absolute atomic E-state index is 0.143. The van der Waals surface area contributed by atoms with E-state index in [4.69, 9.17) is 0 Å². The van der Waals surface area contributed by atoms with Crippen LogP contribution >= 0.6 is 22.7 Å². The zero-order valence-electron chi connectivity index (χ0n) is 31.1. The molecule has 5 aromatic rings. The third kappa shape index (κ3) is 11.1. The van der Waals surface area contributed by atoms with E-state index < -0.39 is 10.1 Å². The number of hydrogen-bond acceptors (Lipinski definition) is 6. The van der Waals surface area contributed by atoms with E-state index in [0.717, 1.165) is 31.7 Å². The van der Waals surface area contributed by atoms with Crippen molar-refractivity contribution in [3.63, 3.8) is 0 Å². The quantitative estimate of drug-likeness (QED) is 0.0584. The number of para-hydroxylation sites is 1. The molecule has 5 rings (SSSR count). The standard InChI is InChI=1S/C24H20N4O3S3.C16H36N/c1-3-16-8-10-17(11-9-16)15-28-20-6-4-5-7-21(20)32-24(28)26-25-23-27(2)19-13-12-18(34(29,30)31)14-22(19)33-23;1-5-9-13-17(14-10-6-2,15-11-7-3)16-12-8-4/h3-14H,1,15H2,2H3,(H,29,30,31);5-16H2,1-4H3/q;+1. The van der Waals surface area contributed by atoms with Gasteiger partial charge in [-0.15, -0.1) is 10.2 Å². The summed E-state index contributed by atoms with van der Waals surface area (Å²) < 4.78 is 39.5. The average Bonchev–Trinajstić information content (AvgIpc) is 3.65. The third-order valence-electron chi connectivity index (χ3n) is 9.39. The highest BCUT2D eigenvalue weighted by molar-refractivity contribution is 7.85. The number of rotatable bonds is 17. The summed E-state index contributed by atoms with van der Waals surface area (Å²) in [5.41, 5.74) is 4.09. The van der Waals surface area contributed by atoms with E-state index in [1.165, 1.54) is 105 Å². The highest BCUT2D eigenvalue weighted by Gasteiger charge is 2.24. The summed E-state index contributed by atoms with van der Waals surface area (Å²) in [7, 11) is -2.42. The van der Waals surface area contributed by atoms with Crippen LogP contribution in [0.2, 0.25) is 0 Å². The second-order valence-electron chi connectivity index (χ2n) is 13.3.